The monoisotopic (exact) mass is 381 g/mol. The fourth-order valence-electron chi connectivity index (χ4n) is 3.08. The molecule has 8 nitrogen and oxygen atoms in total. The number of aromatic nitrogens is 4. The molecule has 3 aromatic rings. The van der Waals surface area contributed by atoms with Crippen molar-refractivity contribution >= 4 is 5.82 Å². The Bertz CT molecular complexity index is 937. The minimum atomic E-state index is -0.0975. The van der Waals surface area contributed by atoms with Gasteiger partial charge in [0.2, 0.25) is 0 Å². The zero-order valence-corrected chi connectivity index (χ0v) is 15.8. The Morgan fingerprint density at radius 2 is 1.93 bits per heavy atom. The van der Waals surface area contributed by atoms with Crippen molar-refractivity contribution in [1.82, 2.24) is 19.7 Å². The lowest BCUT2D eigenvalue weighted by Gasteiger charge is -2.28. The molecule has 1 saturated heterocycles. The maximum Gasteiger partial charge on any atom is 0.320 e. The Morgan fingerprint density at radius 1 is 1.11 bits per heavy atom. The third-order valence-electron chi connectivity index (χ3n) is 4.47. The summed E-state index contributed by atoms with van der Waals surface area (Å²) in [5.74, 6) is 1.37. The van der Waals surface area contributed by atoms with Crippen molar-refractivity contribution in [3.05, 3.63) is 48.2 Å². The number of nitrogens with zero attached hydrogens (tertiary/aromatic N) is 5. The molecule has 0 spiro atoms. The molecule has 28 heavy (non-hydrogen) atoms. The zero-order chi connectivity index (χ0) is 19.3. The van der Waals surface area contributed by atoms with Crippen LogP contribution < -0.4 is 9.64 Å². The number of aliphatic hydroxyl groups excluding tert-OH is 1. The fraction of sp³-hybridized carbons (Fsp3) is 0.350. The van der Waals surface area contributed by atoms with Crippen molar-refractivity contribution in [2.45, 2.75) is 6.92 Å². The van der Waals surface area contributed by atoms with Crippen LogP contribution in [0.2, 0.25) is 0 Å². The maximum atomic E-state index is 9.06. The number of hydrogen-bond donors (Lipinski definition) is 1. The number of aryl methyl sites for hydroxylation is 1. The average molecular weight is 381 g/mol. The molecule has 146 valence electrons. The van der Waals surface area contributed by atoms with Crippen molar-refractivity contribution in [3.8, 4) is 23.1 Å². The molecule has 4 rings (SSSR count). The van der Waals surface area contributed by atoms with Crippen LogP contribution in [0.25, 0.3) is 17.1 Å². The van der Waals surface area contributed by atoms with Gasteiger partial charge in [0.1, 0.15) is 12.4 Å². The predicted octanol–water partition coefficient (Wildman–Crippen LogP) is 1.85. The van der Waals surface area contributed by atoms with E-state index in [1.165, 1.54) is 5.56 Å². The fourth-order valence-corrected chi connectivity index (χ4v) is 3.08. The summed E-state index contributed by atoms with van der Waals surface area (Å²) in [6.07, 6.45) is 1.87. The van der Waals surface area contributed by atoms with Crippen LogP contribution in [-0.2, 0) is 4.74 Å². The molecule has 0 atom stereocenters. The largest absolute Gasteiger partial charge is 0.461 e. The van der Waals surface area contributed by atoms with Gasteiger partial charge in [-0.3, -0.25) is 0 Å². The summed E-state index contributed by atoms with van der Waals surface area (Å²) in [5, 5.41) is 13.7. The highest BCUT2D eigenvalue weighted by atomic mass is 16.5. The molecule has 1 N–H and O–H groups in total. The van der Waals surface area contributed by atoms with E-state index >= 15 is 0 Å². The molecular weight excluding hydrogens is 358 g/mol. The number of benzene rings is 1. The second kappa shape index (κ2) is 8.37. The molecule has 3 heterocycles. The van der Waals surface area contributed by atoms with Gasteiger partial charge in [0.05, 0.1) is 25.5 Å². The second-order valence-electron chi connectivity index (χ2n) is 6.55. The van der Waals surface area contributed by atoms with Gasteiger partial charge in [-0.15, -0.1) is 0 Å². The van der Waals surface area contributed by atoms with Crippen molar-refractivity contribution in [1.29, 1.82) is 0 Å². The first-order valence-corrected chi connectivity index (χ1v) is 9.31. The minimum Gasteiger partial charge on any atom is -0.461 e. The van der Waals surface area contributed by atoms with Gasteiger partial charge in [0.15, 0.2) is 5.82 Å². The van der Waals surface area contributed by atoms with Crippen LogP contribution in [0.5, 0.6) is 6.01 Å². The Balaban J connectivity index is 1.67. The molecule has 1 aliphatic rings. The highest BCUT2D eigenvalue weighted by Crippen LogP contribution is 2.22. The van der Waals surface area contributed by atoms with E-state index < -0.39 is 0 Å². The smallest absolute Gasteiger partial charge is 0.320 e. The zero-order valence-electron chi connectivity index (χ0n) is 15.8. The number of ether oxygens (including phenoxy) is 2. The molecule has 0 amide bonds. The lowest BCUT2D eigenvalue weighted by Crippen LogP contribution is -2.37. The van der Waals surface area contributed by atoms with E-state index in [0.29, 0.717) is 19.0 Å². The standard InChI is InChI=1S/C20H23N5O3/c1-15-3-2-4-16(13-15)17-5-6-25(23-17)19-14-18(24-7-10-27-11-8-24)21-20(22-19)28-12-9-26/h2-6,13-14,26H,7-12H2,1H3. The molecule has 1 aromatic carbocycles. The van der Waals surface area contributed by atoms with E-state index in [2.05, 4.69) is 39.0 Å². The average Bonchev–Trinajstić information content (AvgIpc) is 3.23. The van der Waals surface area contributed by atoms with E-state index in [1.54, 1.807) is 4.68 Å². The van der Waals surface area contributed by atoms with Crippen LogP contribution in [0.15, 0.2) is 42.6 Å². The van der Waals surface area contributed by atoms with Gasteiger partial charge in [-0.2, -0.15) is 15.1 Å². The van der Waals surface area contributed by atoms with E-state index in [1.807, 2.05) is 30.5 Å². The molecule has 2 aromatic heterocycles. The quantitative estimate of drug-likeness (QED) is 0.697. The van der Waals surface area contributed by atoms with Gasteiger partial charge in [-0.25, -0.2) is 4.68 Å². The molecule has 1 fully saturated rings. The molecule has 1 aliphatic heterocycles. The summed E-state index contributed by atoms with van der Waals surface area (Å²) in [6, 6.07) is 12.3. The molecule has 0 saturated carbocycles. The van der Waals surface area contributed by atoms with Crippen LogP contribution in [-0.4, -0.2) is 64.4 Å². The van der Waals surface area contributed by atoms with Crippen LogP contribution in [0.1, 0.15) is 5.56 Å². The Labute approximate surface area is 163 Å². The van der Waals surface area contributed by atoms with Gasteiger partial charge >= 0.3 is 6.01 Å². The summed E-state index contributed by atoms with van der Waals surface area (Å²) < 4.78 is 12.6. The first kappa shape index (κ1) is 18.4. The van der Waals surface area contributed by atoms with Gasteiger partial charge in [0.25, 0.3) is 0 Å². The number of rotatable bonds is 6. The Morgan fingerprint density at radius 3 is 2.71 bits per heavy atom. The predicted molar refractivity (Wildman–Crippen MR) is 105 cm³/mol. The van der Waals surface area contributed by atoms with Crippen molar-refractivity contribution in [3.63, 3.8) is 0 Å². The van der Waals surface area contributed by atoms with Gasteiger partial charge < -0.3 is 19.5 Å². The summed E-state index contributed by atoms with van der Waals surface area (Å²) in [7, 11) is 0. The molecule has 0 bridgehead atoms. The third-order valence-corrected chi connectivity index (χ3v) is 4.47. The number of morpholine rings is 1. The highest BCUT2D eigenvalue weighted by Gasteiger charge is 2.17. The molecular formula is C20H23N5O3. The van der Waals surface area contributed by atoms with Crippen molar-refractivity contribution < 1.29 is 14.6 Å². The third kappa shape index (κ3) is 4.13. The minimum absolute atomic E-state index is 0.0975. The summed E-state index contributed by atoms with van der Waals surface area (Å²) in [5.41, 5.74) is 3.11. The molecule has 8 heteroatoms. The van der Waals surface area contributed by atoms with Crippen molar-refractivity contribution in [2.24, 2.45) is 0 Å². The van der Waals surface area contributed by atoms with E-state index in [9.17, 15) is 0 Å². The molecule has 0 aliphatic carbocycles. The van der Waals surface area contributed by atoms with Crippen LogP contribution in [0, 0.1) is 6.92 Å². The normalized spacial score (nSPS) is 14.3. The highest BCUT2D eigenvalue weighted by molar-refractivity contribution is 5.60. The summed E-state index contributed by atoms with van der Waals surface area (Å²) in [4.78, 5) is 11.1. The summed E-state index contributed by atoms with van der Waals surface area (Å²) in [6.45, 7) is 4.92. The van der Waals surface area contributed by atoms with Gasteiger partial charge in [-0.05, 0) is 19.1 Å². The topological polar surface area (TPSA) is 85.5 Å². The lowest BCUT2D eigenvalue weighted by molar-refractivity contribution is 0.122. The Hall–Kier alpha value is -2.97. The maximum absolute atomic E-state index is 9.06. The number of aliphatic hydroxyl groups is 1. The van der Waals surface area contributed by atoms with E-state index in [-0.39, 0.29) is 19.2 Å². The first-order chi connectivity index (χ1) is 13.7. The van der Waals surface area contributed by atoms with Crippen LogP contribution >= 0.6 is 0 Å². The van der Waals surface area contributed by atoms with Crippen LogP contribution in [0.3, 0.4) is 0 Å². The number of hydrogen-bond acceptors (Lipinski definition) is 7. The van der Waals surface area contributed by atoms with E-state index in [0.717, 1.165) is 30.2 Å². The second-order valence-corrected chi connectivity index (χ2v) is 6.55. The molecule has 0 unspecified atom stereocenters. The van der Waals surface area contributed by atoms with Gasteiger partial charge in [0, 0.05) is 30.9 Å². The Kier molecular flexibility index (Phi) is 5.50. The number of anilines is 1. The van der Waals surface area contributed by atoms with Crippen LogP contribution in [0.4, 0.5) is 5.82 Å². The van der Waals surface area contributed by atoms with E-state index in [4.69, 9.17) is 14.6 Å². The first-order valence-electron chi connectivity index (χ1n) is 9.31. The summed E-state index contributed by atoms with van der Waals surface area (Å²) >= 11 is 0. The van der Waals surface area contributed by atoms with Crippen molar-refractivity contribution in [2.75, 3.05) is 44.4 Å². The molecule has 0 radical (unpaired) electrons. The lowest BCUT2D eigenvalue weighted by atomic mass is 10.1. The van der Waals surface area contributed by atoms with Gasteiger partial charge in [-0.1, -0.05) is 23.8 Å². The SMILES string of the molecule is Cc1cccc(-c2ccn(-c3cc(N4CCOCC4)nc(OCCO)n3)n2)c1.